The van der Waals surface area contributed by atoms with Crippen LogP contribution in [-0.2, 0) is 19.1 Å². The number of esters is 2. The third kappa shape index (κ3) is 3.23. The van der Waals surface area contributed by atoms with Crippen LogP contribution in [0.3, 0.4) is 0 Å². The number of nitro benzene ring substituents is 1. The predicted molar refractivity (Wildman–Crippen MR) is 103 cm³/mol. The molecule has 3 atom stereocenters. The fourth-order valence-corrected chi connectivity index (χ4v) is 5.46. The van der Waals surface area contributed by atoms with E-state index < -0.39 is 33.6 Å². The minimum absolute atomic E-state index is 0.0408. The van der Waals surface area contributed by atoms with Gasteiger partial charge in [-0.05, 0) is 33.3 Å². The average Bonchev–Trinajstić information content (AvgIpc) is 2.60. The van der Waals surface area contributed by atoms with Crippen LogP contribution in [0.15, 0.2) is 34.4 Å². The molecular weight excluding hydrogens is 384 g/mol. The first-order valence-electron chi connectivity index (χ1n) is 9.03. The van der Waals surface area contributed by atoms with Gasteiger partial charge in [0, 0.05) is 28.6 Å². The maximum absolute atomic E-state index is 12.9. The number of nitrogens with one attached hydrogen (secondary N) is 1. The minimum Gasteiger partial charge on any atom is -0.466 e. The Bertz CT molecular complexity index is 883. The fourth-order valence-electron chi connectivity index (χ4n) is 3.95. The fraction of sp³-hybridized carbons (Fsp3) is 0.474. The Kier molecular flexibility index (Phi) is 5.38. The number of non-ortho nitro benzene ring substituents is 1. The van der Waals surface area contributed by atoms with Crippen LogP contribution in [0.2, 0.25) is 0 Å². The molecule has 150 valence electrons. The van der Waals surface area contributed by atoms with Gasteiger partial charge in [-0.25, -0.2) is 4.79 Å². The largest absolute Gasteiger partial charge is 0.466 e. The van der Waals surface area contributed by atoms with Crippen LogP contribution in [0.25, 0.3) is 0 Å². The molecule has 9 heteroatoms. The van der Waals surface area contributed by atoms with Gasteiger partial charge in [0.05, 0.1) is 28.6 Å². The van der Waals surface area contributed by atoms with E-state index in [1.807, 2.05) is 6.92 Å². The topological polar surface area (TPSA) is 108 Å². The zero-order valence-corrected chi connectivity index (χ0v) is 16.9. The Morgan fingerprint density at radius 3 is 2.57 bits per heavy atom. The van der Waals surface area contributed by atoms with Crippen LogP contribution in [-0.4, -0.2) is 34.9 Å². The number of fused-ring (bicyclic) bond motifs is 4. The van der Waals surface area contributed by atoms with Crippen molar-refractivity contribution in [2.24, 2.45) is 5.92 Å². The number of ether oxygens (including phenoxy) is 2. The summed E-state index contributed by atoms with van der Waals surface area (Å²) < 4.78 is 10.5. The van der Waals surface area contributed by atoms with Crippen LogP contribution < -0.4 is 5.32 Å². The van der Waals surface area contributed by atoms with Crippen molar-refractivity contribution in [2.45, 2.75) is 43.4 Å². The third-order valence-electron chi connectivity index (χ3n) is 4.98. The Hall–Kier alpha value is -2.55. The maximum atomic E-state index is 12.9. The molecule has 0 saturated heterocycles. The van der Waals surface area contributed by atoms with Crippen LogP contribution >= 0.6 is 11.8 Å². The molecule has 2 aliphatic rings. The number of hydrogen-bond donors (Lipinski definition) is 1. The van der Waals surface area contributed by atoms with Gasteiger partial charge in [0.2, 0.25) is 0 Å². The average molecular weight is 406 g/mol. The van der Waals surface area contributed by atoms with E-state index in [-0.39, 0.29) is 18.9 Å². The van der Waals surface area contributed by atoms with Gasteiger partial charge in [-0.15, -0.1) is 0 Å². The van der Waals surface area contributed by atoms with Crippen molar-refractivity contribution in [1.29, 1.82) is 0 Å². The number of hydrogen-bond acceptors (Lipinski definition) is 8. The number of nitrogens with zero attached hydrogens (tertiary/aromatic N) is 1. The number of nitro groups is 1. The first-order valence-corrected chi connectivity index (χ1v) is 9.85. The van der Waals surface area contributed by atoms with Gasteiger partial charge in [-0.1, -0.05) is 17.8 Å². The molecule has 0 unspecified atom stereocenters. The molecular formula is C19H22N2O6S. The third-order valence-corrected chi connectivity index (χ3v) is 6.33. The Morgan fingerprint density at radius 1 is 1.29 bits per heavy atom. The first-order chi connectivity index (χ1) is 13.2. The molecule has 0 radical (unpaired) electrons. The molecule has 1 aromatic rings. The standard InChI is InChI=1S/C19H22N2O6S/c1-5-26-17(22)14-10(3)20-19(4)16(18(23)27-6-2)15(14)12-8-7-11(21(24)25)9-13(12)28-19/h7-9,15-16,20H,5-6H2,1-4H3/t15-,16+,19-/m1/s1. The van der Waals surface area contributed by atoms with Crippen LogP contribution in [0.5, 0.6) is 0 Å². The molecule has 0 aromatic heterocycles. The van der Waals surface area contributed by atoms with Crippen molar-refractivity contribution in [2.75, 3.05) is 13.2 Å². The molecule has 0 fully saturated rings. The number of allylic oxidation sites excluding steroid dienone is 1. The van der Waals surface area contributed by atoms with E-state index in [1.165, 1.54) is 23.9 Å². The van der Waals surface area contributed by atoms with Crippen molar-refractivity contribution in [3.63, 3.8) is 0 Å². The highest BCUT2D eigenvalue weighted by atomic mass is 32.2. The number of rotatable bonds is 5. The highest BCUT2D eigenvalue weighted by Crippen LogP contribution is 2.57. The summed E-state index contributed by atoms with van der Waals surface area (Å²) in [4.78, 5) is 36.2. The second kappa shape index (κ2) is 7.46. The molecule has 28 heavy (non-hydrogen) atoms. The molecule has 0 spiro atoms. The summed E-state index contributed by atoms with van der Waals surface area (Å²) in [6, 6.07) is 4.50. The number of benzene rings is 1. The van der Waals surface area contributed by atoms with Gasteiger partial charge in [0.1, 0.15) is 5.92 Å². The lowest BCUT2D eigenvalue weighted by atomic mass is 9.73. The van der Waals surface area contributed by atoms with Crippen molar-refractivity contribution in [3.8, 4) is 0 Å². The monoisotopic (exact) mass is 406 g/mol. The van der Waals surface area contributed by atoms with Crippen molar-refractivity contribution in [3.05, 3.63) is 45.1 Å². The van der Waals surface area contributed by atoms with Gasteiger partial charge in [0.15, 0.2) is 0 Å². The van der Waals surface area contributed by atoms with Crippen molar-refractivity contribution < 1.29 is 24.0 Å². The predicted octanol–water partition coefficient (Wildman–Crippen LogP) is 3.12. The van der Waals surface area contributed by atoms with E-state index in [4.69, 9.17) is 9.47 Å². The summed E-state index contributed by atoms with van der Waals surface area (Å²) in [7, 11) is 0. The zero-order valence-electron chi connectivity index (χ0n) is 16.1. The zero-order chi connectivity index (χ0) is 20.6. The van der Waals surface area contributed by atoms with E-state index in [0.29, 0.717) is 21.7 Å². The molecule has 8 nitrogen and oxygen atoms in total. The van der Waals surface area contributed by atoms with Gasteiger partial charge >= 0.3 is 11.9 Å². The highest BCUT2D eigenvalue weighted by Gasteiger charge is 2.56. The van der Waals surface area contributed by atoms with E-state index in [2.05, 4.69) is 5.32 Å². The Morgan fingerprint density at radius 2 is 1.96 bits per heavy atom. The van der Waals surface area contributed by atoms with E-state index in [0.717, 1.165) is 0 Å². The normalized spacial score (nSPS) is 25.4. The molecule has 1 aromatic carbocycles. The van der Waals surface area contributed by atoms with Gasteiger partial charge in [-0.3, -0.25) is 14.9 Å². The summed E-state index contributed by atoms with van der Waals surface area (Å²) in [6.07, 6.45) is 0. The molecule has 2 heterocycles. The minimum atomic E-state index is -0.820. The quantitative estimate of drug-likeness (QED) is 0.451. The van der Waals surface area contributed by atoms with Gasteiger partial charge < -0.3 is 14.8 Å². The number of carbonyl (C=O) groups is 2. The second-order valence-corrected chi connectivity index (χ2v) is 8.27. The van der Waals surface area contributed by atoms with E-state index >= 15 is 0 Å². The lowest BCUT2D eigenvalue weighted by Gasteiger charge is -2.49. The summed E-state index contributed by atoms with van der Waals surface area (Å²) in [5.74, 6) is -2.23. The van der Waals surface area contributed by atoms with Crippen LogP contribution in [0.4, 0.5) is 5.69 Å². The molecule has 2 aliphatic heterocycles. The first kappa shape index (κ1) is 20.2. The molecule has 0 aliphatic carbocycles. The molecule has 3 rings (SSSR count). The molecule has 1 N–H and O–H groups in total. The molecule has 2 bridgehead atoms. The lowest BCUT2D eigenvalue weighted by molar-refractivity contribution is -0.385. The van der Waals surface area contributed by atoms with Gasteiger partial charge in [-0.2, -0.15) is 0 Å². The second-order valence-electron chi connectivity index (χ2n) is 6.78. The smallest absolute Gasteiger partial charge is 0.336 e. The summed E-state index contributed by atoms with van der Waals surface area (Å²) >= 11 is 1.34. The Labute approximate surface area is 166 Å². The SMILES string of the molecule is CCOC(=O)C1=C(C)N[C@]2(C)Sc3cc([N+](=O)[O-])ccc3[C@H]1[C@H]2C(=O)OCC. The lowest BCUT2D eigenvalue weighted by Crippen LogP contribution is -2.57. The van der Waals surface area contributed by atoms with Gasteiger partial charge in [0.25, 0.3) is 5.69 Å². The van der Waals surface area contributed by atoms with Crippen molar-refractivity contribution in [1.82, 2.24) is 5.32 Å². The summed E-state index contributed by atoms with van der Waals surface area (Å²) in [5.41, 5.74) is 1.63. The Balaban J connectivity index is 2.22. The molecule has 0 amide bonds. The maximum Gasteiger partial charge on any atom is 0.336 e. The summed E-state index contributed by atoms with van der Waals surface area (Å²) in [5, 5.41) is 14.5. The van der Waals surface area contributed by atoms with Crippen LogP contribution in [0, 0.1) is 16.0 Å². The summed E-state index contributed by atoms with van der Waals surface area (Å²) in [6.45, 7) is 7.48. The van der Waals surface area contributed by atoms with Crippen molar-refractivity contribution >= 4 is 29.4 Å². The van der Waals surface area contributed by atoms with E-state index in [9.17, 15) is 19.7 Å². The van der Waals surface area contributed by atoms with E-state index in [1.54, 1.807) is 26.8 Å². The molecule has 0 saturated carbocycles. The highest BCUT2D eigenvalue weighted by molar-refractivity contribution is 8.00. The van der Waals surface area contributed by atoms with Crippen LogP contribution in [0.1, 0.15) is 39.2 Å². The number of thioether (sulfide) groups is 1. The number of carbonyl (C=O) groups excluding carboxylic acids is 2.